The van der Waals surface area contributed by atoms with E-state index < -0.39 is 48.4 Å². The smallest absolute Gasteiger partial charge is 0.122 e. The Morgan fingerprint density at radius 2 is 0.846 bits per heavy atom. The second-order valence-electron chi connectivity index (χ2n) is 18.8. The Labute approximate surface area is 253 Å². The molecule has 0 nitrogen and oxygen atoms in total. The summed E-state index contributed by atoms with van der Waals surface area (Å²) in [6, 6.07) is 5.67. The molecule has 0 saturated carbocycles. The van der Waals surface area contributed by atoms with Gasteiger partial charge in [0, 0.05) is 48.4 Å². The van der Waals surface area contributed by atoms with Gasteiger partial charge < -0.3 is 0 Å². The second kappa shape index (κ2) is 11.6. The van der Waals surface area contributed by atoms with Crippen LogP contribution in [0.25, 0.3) is 0 Å². The molecular weight excluding hydrogens is 581 g/mol. The summed E-state index contributed by atoms with van der Waals surface area (Å²) in [6.45, 7) is 47.8. The SMILES string of the molecule is C[Si](C)(C)C(c1cc(C([Si](C)(C)C)[Si](C)(C)C)c([Si]C2=C=CC=C2)c(C([Si](C)(C)C)[Si](C)(C)C)c1)[Si](C)(C)C. The Balaban J connectivity index is 3.24. The quantitative estimate of drug-likeness (QED) is 0.166. The van der Waals surface area contributed by atoms with Crippen LogP contribution < -0.4 is 5.19 Å². The highest BCUT2D eigenvalue weighted by Gasteiger charge is 2.46. The van der Waals surface area contributed by atoms with Crippen molar-refractivity contribution in [2.75, 3.05) is 0 Å². The van der Waals surface area contributed by atoms with E-state index in [1.165, 1.54) is 5.20 Å². The molecule has 7 heteroatoms. The van der Waals surface area contributed by atoms with Crippen LogP contribution in [0.15, 0.2) is 41.3 Å². The van der Waals surface area contributed by atoms with Gasteiger partial charge in [-0.1, -0.05) is 158 Å². The number of rotatable bonds is 11. The van der Waals surface area contributed by atoms with Gasteiger partial charge in [0.15, 0.2) is 0 Å². The predicted molar refractivity (Wildman–Crippen MR) is 201 cm³/mol. The number of allylic oxidation sites excluding steroid dienone is 3. The highest BCUT2D eigenvalue weighted by atomic mass is 28.4. The van der Waals surface area contributed by atoms with Gasteiger partial charge in [0.1, 0.15) is 9.52 Å². The maximum Gasteiger partial charge on any atom is 0.133 e. The van der Waals surface area contributed by atoms with Crippen LogP contribution in [-0.4, -0.2) is 58.0 Å². The molecule has 0 atom stereocenters. The first-order chi connectivity index (χ1) is 17.2. The van der Waals surface area contributed by atoms with Gasteiger partial charge in [-0.2, -0.15) is 0 Å². The average Bonchev–Trinajstić information content (AvgIpc) is 3.10. The largest absolute Gasteiger partial charge is 0.133 e. The van der Waals surface area contributed by atoms with Crippen molar-refractivity contribution in [3.8, 4) is 0 Å². The summed E-state index contributed by atoms with van der Waals surface area (Å²) >= 11 is 0. The fourth-order valence-electron chi connectivity index (χ4n) is 8.78. The van der Waals surface area contributed by atoms with Crippen LogP contribution in [0.1, 0.15) is 32.2 Å². The lowest BCUT2D eigenvalue weighted by atomic mass is 10.1. The van der Waals surface area contributed by atoms with E-state index in [2.05, 4.69) is 154 Å². The summed E-state index contributed by atoms with van der Waals surface area (Å²) in [6.07, 6.45) is 6.67. The van der Waals surface area contributed by atoms with Crippen LogP contribution in [0.3, 0.4) is 0 Å². The molecule has 2 radical (unpaired) electrons. The third-order valence-corrected chi connectivity index (χ3v) is 37.5. The molecule has 0 heterocycles. The molecular formula is C32H62Si7. The highest BCUT2D eigenvalue weighted by molar-refractivity contribution is 6.98. The maximum atomic E-state index is 3.63. The summed E-state index contributed by atoms with van der Waals surface area (Å²) in [7, 11) is -8.13. The Hall–Kier alpha value is -0.00182. The van der Waals surface area contributed by atoms with Crippen LogP contribution in [0.4, 0.5) is 0 Å². The van der Waals surface area contributed by atoms with Gasteiger partial charge in [0.05, 0.1) is 0 Å². The van der Waals surface area contributed by atoms with Crippen molar-refractivity contribution < 1.29 is 0 Å². The van der Waals surface area contributed by atoms with Crippen molar-refractivity contribution in [1.29, 1.82) is 0 Å². The zero-order valence-electron chi connectivity index (χ0n) is 29.1. The lowest BCUT2D eigenvalue weighted by Crippen LogP contribution is -2.53. The van der Waals surface area contributed by atoms with Crippen molar-refractivity contribution in [2.45, 2.75) is 133 Å². The summed E-state index contributed by atoms with van der Waals surface area (Å²) in [5, 5.41) is 5.45. The van der Waals surface area contributed by atoms with E-state index in [1.807, 2.05) is 0 Å². The zero-order chi connectivity index (χ0) is 30.6. The standard InChI is InChI=1S/C32H62Si7/c1-34(2,3)30(35(4,5)6)25-23-27(31(36(7,8)9)37(10,11)12)29(33-26-21-19-20-22-26)28(24-25)32(38(13,14)15)39(16,17)18/h19-21,23-24,30-32H,1-18H3. The van der Waals surface area contributed by atoms with Gasteiger partial charge in [-0.3, -0.25) is 0 Å². The molecule has 1 aliphatic rings. The third kappa shape index (κ3) is 8.75. The van der Waals surface area contributed by atoms with Gasteiger partial charge in [-0.15, -0.1) is 5.73 Å². The number of hydrogen-bond acceptors (Lipinski definition) is 0. The molecule has 0 spiro atoms. The molecule has 2 rings (SSSR count). The third-order valence-electron chi connectivity index (χ3n) is 8.23. The molecule has 1 aliphatic carbocycles. The van der Waals surface area contributed by atoms with Crippen LogP contribution in [0.5, 0.6) is 0 Å². The Morgan fingerprint density at radius 1 is 0.513 bits per heavy atom. The predicted octanol–water partition coefficient (Wildman–Crippen LogP) is 10.1. The van der Waals surface area contributed by atoms with Crippen molar-refractivity contribution in [2.24, 2.45) is 0 Å². The van der Waals surface area contributed by atoms with Crippen LogP contribution >= 0.6 is 0 Å². The first-order valence-electron chi connectivity index (χ1n) is 15.2. The van der Waals surface area contributed by atoms with E-state index in [-0.39, 0.29) is 0 Å². The minimum absolute atomic E-state index is 0.720. The summed E-state index contributed by atoms with van der Waals surface area (Å²) in [5.41, 5.74) is 8.94. The molecule has 0 N–H and O–H groups in total. The van der Waals surface area contributed by atoms with Gasteiger partial charge >= 0.3 is 0 Å². The van der Waals surface area contributed by atoms with E-state index >= 15 is 0 Å². The molecule has 0 aliphatic heterocycles. The maximum absolute atomic E-state index is 3.63. The lowest BCUT2D eigenvalue weighted by Gasteiger charge is -2.46. The van der Waals surface area contributed by atoms with E-state index in [0.717, 1.165) is 25.0 Å². The van der Waals surface area contributed by atoms with Crippen LogP contribution in [-0.2, 0) is 0 Å². The van der Waals surface area contributed by atoms with Crippen molar-refractivity contribution in [3.63, 3.8) is 0 Å². The summed E-state index contributed by atoms with van der Waals surface area (Å²) in [5.74, 6) is 0. The molecule has 0 bridgehead atoms. The van der Waals surface area contributed by atoms with Crippen molar-refractivity contribution >= 4 is 63.1 Å². The van der Waals surface area contributed by atoms with Crippen molar-refractivity contribution in [3.05, 3.63) is 58.0 Å². The van der Waals surface area contributed by atoms with Gasteiger partial charge in [0.2, 0.25) is 0 Å². The van der Waals surface area contributed by atoms with E-state index in [0.29, 0.717) is 0 Å². The molecule has 39 heavy (non-hydrogen) atoms. The Morgan fingerprint density at radius 3 is 1.10 bits per heavy atom. The van der Waals surface area contributed by atoms with Crippen LogP contribution in [0.2, 0.25) is 118 Å². The molecule has 218 valence electrons. The zero-order valence-corrected chi connectivity index (χ0v) is 36.1. The van der Waals surface area contributed by atoms with E-state index in [9.17, 15) is 0 Å². The van der Waals surface area contributed by atoms with E-state index in [4.69, 9.17) is 0 Å². The van der Waals surface area contributed by atoms with Crippen molar-refractivity contribution in [1.82, 2.24) is 0 Å². The summed E-state index contributed by atoms with van der Waals surface area (Å²) in [4.78, 5) is 0. The first kappa shape index (κ1) is 35.2. The molecule has 1 aromatic carbocycles. The molecule has 0 amide bonds. The minimum atomic E-state index is -1.49. The molecule has 0 aromatic heterocycles. The van der Waals surface area contributed by atoms with Crippen LogP contribution in [0, 0.1) is 0 Å². The molecule has 0 saturated heterocycles. The topological polar surface area (TPSA) is 0 Å². The number of hydrogen-bond donors (Lipinski definition) is 0. The fourth-order valence-corrected chi connectivity index (χ4v) is 48.8. The second-order valence-corrected chi connectivity index (χ2v) is 53.7. The first-order valence-corrected chi connectivity index (χ1v) is 37.7. The molecule has 0 unspecified atom stereocenters. The van der Waals surface area contributed by atoms with Gasteiger partial charge in [-0.25, -0.2) is 0 Å². The highest BCUT2D eigenvalue weighted by Crippen LogP contribution is 2.44. The normalized spacial score (nSPS) is 15.8. The van der Waals surface area contributed by atoms with Gasteiger partial charge in [0.25, 0.3) is 0 Å². The Kier molecular flexibility index (Phi) is 10.5. The number of benzene rings is 1. The monoisotopic (exact) mass is 642 g/mol. The Bertz CT molecular complexity index is 1030. The fraction of sp³-hybridized carbons (Fsp3) is 0.656. The molecule has 1 aromatic rings. The molecule has 0 fully saturated rings. The lowest BCUT2D eigenvalue weighted by molar-refractivity contribution is 1.10. The average molecular weight is 643 g/mol. The minimum Gasteiger partial charge on any atom is -0.122 e. The van der Waals surface area contributed by atoms with E-state index in [1.54, 1.807) is 21.9 Å². The van der Waals surface area contributed by atoms with Gasteiger partial charge in [-0.05, 0) is 32.3 Å². The summed E-state index contributed by atoms with van der Waals surface area (Å²) < 4.78 is 0.